The van der Waals surface area contributed by atoms with Crippen molar-refractivity contribution in [2.75, 3.05) is 11.1 Å². The van der Waals surface area contributed by atoms with E-state index in [0.717, 1.165) is 16.5 Å². The van der Waals surface area contributed by atoms with Gasteiger partial charge in [0.15, 0.2) is 5.13 Å². The van der Waals surface area contributed by atoms with Gasteiger partial charge in [-0.05, 0) is 11.5 Å². The smallest absolute Gasteiger partial charge is 0.206 e. The van der Waals surface area contributed by atoms with Crippen LogP contribution in [0.3, 0.4) is 0 Å². The molecule has 4 rings (SSSR count). The predicted molar refractivity (Wildman–Crippen MR) is 104 cm³/mol. The molecule has 5 heteroatoms. The summed E-state index contributed by atoms with van der Waals surface area (Å²) in [5.74, 6) is 0.142. The lowest BCUT2D eigenvalue weighted by atomic mass is 10.1. The molecule has 0 unspecified atom stereocenters. The quantitative estimate of drug-likeness (QED) is 0.519. The number of hydrogen-bond acceptors (Lipinski definition) is 5. The molecule has 4 nitrogen and oxygen atoms in total. The second kappa shape index (κ2) is 6.37. The van der Waals surface area contributed by atoms with E-state index in [1.807, 2.05) is 48.5 Å². The first-order chi connectivity index (χ1) is 12.2. The summed E-state index contributed by atoms with van der Waals surface area (Å²) in [5.41, 5.74) is 7.53. The molecule has 0 radical (unpaired) electrons. The Balaban J connectivity index is 1.68. The fourth-order valence-electron chi connectivity index (χ4n) is 2.72. The zero-order valence-electron chi connectivity index (χ0n) is 13.3. The maximum absolute atomic E-state index is 12.6. The molecule has 0 atom stereocenters. The van der Waals surface area contributed by atoms with Gasteiger partial charge in [-0.2, -0.15) is 0 Å². The second-order valence-electron chi connectivity index (χ2n) is 5.58. The Labute approximate surface area is 149 Å². The van der Waals surface area contributed by atoms with Gasteiger partial charge in [0.05, 0.1) is 0 Å². The lowest BCUT2D eigenvalue weighted by Gasteiger charge is -2.06. The highest BCUT2D eigenvalue weighted by molar-refractivity contribution is 7.18. The highest BCUT2D eigenvalue weighted by Gasteiger charge is 2.18. The first-order valence-corrected chi connectivity index (χ1v) is 8.65. The van der Waals surface area contributed by atoms with Gasteiger partial charge in [-0.1, -0.05) is 78.1 Å². The minimum absolute atomic E-state index is 0.110. The van der Waals surface area contributed by atoms with Gasteiger partial charge < -0.3 is 11.1 Å². The largest absolute Gasteiger partial charge is 0.382 e. The van der Waals surface area contributed by atoms with Crippen molar-refractivity contribution in [3.8, 4) is 0 Å². The van der Waals surface area contributed by atoms with E-state index in [9.17, 15) is 4.79 Å². The number of aromatic nitrogens is 1. The molecule has 0 aliphatic heterocycles. The molecule has 0 saturated heterocycles. The van der Waals surface area contributed by atoms with Crippen molar-refractivity contribution < 1.29 is 4.79 Å². The fraction of sp³-hybridized carbons (Fsp3) is 0. The summed E-state index contributed by atoms with van der Waals surface area (Å²) >= 11 is 1.27. The Morgan fingerprint density at radius 2 is 1.64 bits per heavy atom. The number of nitrogens with two attached hydrogens (primary N) is 1. The molecule has 3 aromatic carbocycles. The van der Waals surface area contributed by atoms with Crippen LogP contribution in [0.25, 0.3) is 10.8 Å². The SMILES string of the molecule is Nc1nc(Nc2cccc3ccccc23)sc1C(=O)c1ccccc1. The second-order valence-corrected chi connectivity index (χ2v) is 6.58. The van der Waals surface area contributed by atoms with Crippen molar-refractivity contribution in [2.24, 2.45) is 0 Å². The van der Waals surface area contributed by atoms with E-state index in [4.69, 9.17) is 5.73 Å². The van der Waals surface area contributed by atoms with Crippen LogP contribution in [0.1, 0.15) is 15.2 Å². The molecule has 25 heavy (non-hydrogen) atoms. The fourth-order valence-corrected chi connectivity index (χ4v) is 3.58. The third-order valence-corrected chi connectivity index (χ3v) is 4.91. The minimum Gasteiger partial charge on any atom is -0.382 e. The van der Waals surface area contributed by atoms with Gasteiger partial charge in [0.1, 0.15) is 10.7 Å². The molecule has 0 bridgehead atoms. The van der Waals surface area contributed by atoms with Crippen LogP contribution in [0.4, 0.5) is 16.6 Å². The Kier molecular flexibility index (Phi) is 3.91. The van der Waals surface area contributed by atoms with Gasteiger partial charge in [-0.3, -0.25) is 4.79 Å². The van der Waals surface area contributed by atoms with Crippen LogP contribution in [0, 0.1) is 0 Å². The van der Waals surface area contributed by atoms with Crippen molar-refractivity contribution in [2.45, 2.75) is 0 Å². The summed E-state index contributed by atoms with van der Waals surface area (Å²) in [6.45, 7) is 0. The monoisotopic (exact) mass is 345 g/mol. The van der Waals surface area contributed by atoms with Crippen molar-refractivity contribution >= 4 is 44.5 Å². The van der Waals surface area contributed by atoms with Gasteiger partial charge in [-0.15, -0.1) is 0 Å². The normalized spacial score (nSPS) is 10.7. The maximum Gasteiger partial charge on any atom is 0.206 e. The Hall–Kier alpha value is -3.18. The van der Waals surface area contributed by atoms with Crippen LogP contribution >= 0.6 is 11.3 Å². The Morgan fingerprint density at radius 3 is 2.48 bits per heavy atom. The van der Waals surface area contributed by atoms with E-state index in [1.54, 1.807) is 12.1 Å². The Bertz CT molecular complexity index is 1050. The third-order valence-electron chi connectivity index (χ3n) is 3.93. The molecular weight excluding hydrogens is 330 g/mol. The summed E-state index contributed by atoms with van der Waals surface area (Å²) in [7, 11) is 0. The first-order valence-electron chi connectivity index (χ1n) is 7.83. The molecule has 122 valence electrons. The number of anilines is 3. The number of carbonyl (C=O) groups is 1. The van der Waals surface area contributed by atoms with E-state index in [0.29, 0.717) is 15.6 Å². The van der Waals surface area contributed by atoms with Crippen molar-refractivity contribution in [3.05, 3.63) is 83.2 Å². The number of ketones is 1. The average Bonchev–Trinajstić information content (AvgIpc) is 3.02. The van der Waals surface area contributed by atoms with Crippen LogP contribution in [-0.4, -0.2) is 10.8 Å². The van der Waals surface area contributed by atoms with Gasteiger partial charge >= 0.3 is 0 Å². The van der Waals surface area contributed by atoms with Gasteiger partial charge in [0, 0.05) is 16.6 Å². The van der Waals surface area contributed by atoms with Gasteiger partial charge in [0.25, 0.3) is 0 Å². The van der Waals surface area contributed by atoms with E-state index in [1.165, 1.54) is 11.3 Å². The highest BCUT2D eigenvalue weighted by Crippen LogP contribution is 2.32. The summed E-state index contributed by atoms with van der Waals surface area (Å²) in [5, 5.41) is 6.12. The van der Waals surface area contributed by atoms with Gasteiger partial charge in [-0.25, -0.2) is 4.98 Å². The average molecular weight is 345 g/mol. The van der Waals surface area contributed by atoms with Crippen LogP contribution in [0.15, 0.2) is 72.8 Å². The molecule has 1 aromatic heterocycles. The standard InChI is InChI=1S/C20H15N3OS/c21-19-18(17(24)14-8-2-1-3-9-14)25-20(23-19)22-16-12-6-10-13-7-4-5-11-15(13)16/h1-12H,21H2,(H,22,23). The number of nitrogen functional groups attached to an aromatic ring is 1. The third kappa shape index (κ3) is 2.97. The van der Waals surface area contributed by atoms with E-state index in [2.05, 4.69) is 22.4 Å². The minimum atomic E-state index is -0.110. The number of nitrogens with zero attached hydrogens (tertiary/aromatic N) is 1. The summed E-state index contributed by atoms with van der Waals surface area (Å²) < 4.78 is 0. The molecule has 3 N–H and O–H groups in total. The lowest BCUT2D eigenvalue weighted by molar-refractivity contribution is 0.104. The zero-order chi connectivity index (χ0) is 17.2. The molecule has 0 saturated carbocycles. The number of thiazole rings is 1. The number of hydrogen-bond donors (Lipinski definition) is 2. The molecule has 0 aliphatic rings. The molecule has 0 amide bonds. The van der Waals surface area contributed by atoms with Crippen LogP contribution in [0.5, 0.6) is 0 Å². The van der Waals surface area contributed by atoms with Gasteiger partial charge in [0.2, 0.25) is 5.78 Å². The number of fused-ring (bicyclic) bond motifs is 1. The first kappa shape index (κ1) is 15.4. The maximum atomic E-state index is 12.6. The molecule has 1 heterocycles. The predicted octanol–water partition coefficient (Wildman–Crippen LogP) is 4.85. The zero-order valence-corrected chi connectivity index (χ0v) is 14.1. The van der Waals surface area contributed by atoms with Crippen molar-refractivity contribution in [1.29, 1.82) is 0 Å². The molecule has 4 aromatic rings. The van der Waals surface area contributed by atoms with Crippen molar-refractivity contribution in [3.63, 3.8) is 0 Å². The van der Waals surface area contributed by atoms with E-state index >= 15 is 0 Å². The van der Waals surface area contributed by atoms with Crippen molar-refractivity contribution in [1.82, 2.24) is 4.98 Å². The summed E-state index contributed by atoms with van der Waals surface area (Å²) in [6, 6.07) is 23.2. The molecule has 0 spiro atoms. The Morgan fingerprint density at radius 1 is 0.920 bits per heavy atom. The van der Waals surface area contributed by atoms with Crippen LogP contribution in [0.2, 0.25) is 0 Å². The van der Waals surface area contributed by atoms with E-state index < -0.39 is 0 Å². The van der Waals surface area contributed by atoms with E-state index in [-0.39, 0.29) is 11.6 Å². The number of benzene rings is 3. The molecule has 0 fully saturated rings. The summed E-state index contributed by atoms with van der Waals surface area (Å²) in [4.78, 5) is 17.4. The lowest BCUT2D eigenvalue weighted by Crippen LogP contribution is -2.02. The molecule has 0 aliphatic carbocycles. The topological polar surface area (TPSA) is 68.0 Å². The highest BCUT2D eigenvalue weighted by atomic mass is 32.1. The van der Waals surface area contributed by atoms with Crippen LogP contribution < -0.4 is 11.1 Å². The molecular formula is C20H15N3OS. The van der Waals surface area contributed by atoms with Crippen LogP contribution in [-0.2, 0) is 0 Å². The number of nitrogens with one attached hydrogen (secondary N) is 1. The number of carbonyl (C=O) groups excluding carboxylic acids is 1. The number of rotatable bonds is 4. The summed E-state index contributed by atoms with van der Waals surface area (Å²) in [6.07, 6.45) is 0.